The third-order valence-corrected chi connectivity index (χ3v) is 8.07. The Kier molecular flexibility index (Phi) is 8.62. The Morgan fingerprint density at radius 2 is 1.44 bits per heavy atom. The third kappa shape index (κ3) is 6.34. The molecule has 3 aromatic carbocycles. The smallest absolute Gasteiger partial charge is 0.254 e. The van der Waals surface area contributed by atoms with Crippen LogP contribution in [0.2, 0.25) is 5.02 Å². The summed E-state index contributed by atoms with van der Waals surface area (Å²) in [4.78, 5) is 44.5. The van der Waals surface area contributed by atoms with Crippen molar-refractivity contribution in [3.05, 3.63) is 107 Å². The summed E-state index contributed by atoms with van der Waals surface area (Å²) in [5.74, 6) is -0.452. The molecule has 1 saturated carbocycles. The van der Waals surface area contributed by atoms with Crippen LogP contribution in [0.25, 0.3) is 0 Å². The van der Waals surface area contributed by atoms with Gasteiger partial charge in [0.25, 0.3) is 5.91 Å². The van der Waals surface area contributed by atoms with Crippen molar-refractivity contribution < 1.29 is 14.4 Å². The largest absolute Gasteiger partial charge is 0.343 e. The van der Waals surface area contributed by atoms with Crippen LogP contribution in [0, 0.1) is 5.92 Å². The number of amides is 3. The molecule has 2 aliphatic rings. The zero-order chi connectivity index (χ0) is 27.2. The SMILES string of the molecule is O=C(NC(c1ccccc1)c1ccccc1)C1CN(C(=O)C2CCCCC2)CCN1C(=O)c1cccc(Cl)c1. The van der Waals surface area contributed by atoms with Crippen molar-refractivity contribution in [3.8, 4) is 0 Å². The summed E-state index contributed by atoms with van der Waals surface area (Å²) in [7, 11) is 0. The van der Waals surface area contributed by atoms with Crippen LogP contribution in [0.5, 0.6) is 0 Å². The van der Waals surface area contributed by atoms with E-state index < -0.39 is 12.1 Å². The lowest BCUT2D eigenvalue weighted by atomic mass is 9.88. The summed E-state index contributed by atoms with van der Waals surface area (Å²) in [5, 5.41) is 3.67. The van der Waals surface area contributed by atoms with E-state index in [9.17, 15) is 14.4 Å². The standard InChI is InChI=1S/C32H34ClN3O3/c33-27-18-10-17-26(21-27)32(39)36-20-19-35(31(38)25-15-8-3-9-16-25)22-28(36)30(37)34-29(23-11-4-1-5-12-23)24-13-6-2-7-14-24/h1-2,4-7,10-14,17-18,21,25,28-29H,3,8-9,15-16,19-20,22H2,(H,34,37). The quantitative estimate of drug-likeness (QED) is 0.447. The van der Waals surface area contributed by atoms with Gasteiger partial charge in [0, 0.05) is 29.6 Å². The van der Waals surface area contributed by atoms with Crippen molar-refractivity contribution >= 4 is 29.3 Å². The van der Waals surface area contributed by atoms with E-state index in [1.165, 1.54) is 0 Å². The second kappa shape index (κ2) is 12.5. The molecule has 3 aromatic rings. The summed E-state index contributed by atoms with van der Waals surface area (Å²) in [6.45, 7) is 0.860. The summed E-state index contributed by atoms with van der Waals surface area (Å²) >= 11 is 6.18. The van der Waals surface area contributed by atoms with Gasteiger partial charge in [0.1, 0.15) is 6.04 Å². The number of benzene rings is 3. The second-order valence-electron chi connectivity index (χ2n) is 10.4. The highest BCUT2D eigenvalue weighted by molar-refractivity contribution is 6.31. The van der Waals surface area contributed by atoms with Crippen LogP contribution in [-0.4, -0.2) is 53.2 Å². The van der Waals surface area contributed by atoms with Crippen molar-refractivity contribution in [2.75, 3.05) is 19.6 Å². The highest BCUT2D eigenvalue weighted by Crippen LogP contribution is 2.28. The van der Waals surface area contributed by atoms with Gasteiger partial charge in [-0.15, -0.1) is 0 Å². The van der Waals surface area contributed by atoms with E-state index >= 15 is 0 Å². The Hall–Kier alpha value is -3.64. The molecule has 0 radical (unpaired) electrons. The van der Waals surface area contributed by atoms with Crippen LogP contribution in [0.4, 0.5) is 0 Å². The Morgan fingerprint density at radius 1 is 0.795 bits per heavy atom. The van der Waals surface area contributed by atoms with Crippen LogP contribution < -0.4 is 5.32 Å². The molecule has 0 aromatic heterocycles. The van der Waals surface area contributed by atoms with E-state index in [1.807, 2.05) is 60.7 Å². The third-order valence-electron chi connectivity index (χ3n) is 7.83. The molecule has 1 unspecified atom stereocenters. The van der Waals surface area contributed by atoms with Crippen LogP contribution >= 0.6 is 11.6 Å². The van der Waals surface area contributed by atoms with Crippen LogP contribution in [0.3, 0.4) is 0 Å². The molecule has 7 heteroatoms. The molecule has 5 rings (SSSR count). The first-order valence-electron chi connectivity index (χ1n) is 13.8. The molecule has 3 amide bonds. The number of hydrogen-bond donors (Lipinski definition) is 1. The second-order valence-corrected chi connectivity index (χ2v) is 10.8. The molecular formula is C32H34ClN3O3. The van der Waals surface area contributed by atoms with E-state index in [-0.39, 0.29) is 36.7 Å². The van der Waals surface area contributed by atoms with Gasteiger partial charge in [-0.25, -0.2) is 0 Å². The first-order valence-corrected chi connectivity index (χ1v) is 14.1. The van der Waals surface area contributed by atoms with Crippen molar-refractivity contribution in [2.45, 2.75) is 44.2 Å². The van der Waals surface area contributed by atoms with Gasteiger partial charge in [-0.3, -0.25) is 14.4 Å². The van der Waals surface area contributed by atoms with Crippen LogP contribution in [-0.2, 0) is 9.59 Å². The zero-order valence-corrected chi connectivity index (χ0v) is 22.7. The number of carbonyl (C=O) groups is 3. The number of hydrogen-bond acceptors (Lipinski definition) is 3. The van der Waals surface area contributed by atoms with Crippen molar-refractivity contribution in [3.63, 3.8) is 0 Å². The molecule has 1 aliphatic heterocycles. The number of halogens is 1. The minimum atomic E-state index is -0.826. The summed E-state index contributed by atoms with van der Waals surface area (Å²) in [5.41, 5.74) is 2.31. The Bertz CT molecular complexity index is 1250. The lowest BCUT2D eigenvalue weighted by Gasteiger charge is -2.42. The van der Waals surface area contributed by atoms with Gasteiger partial charge in [-0.1, -0.05) is 97.6 Å². The number of piperazine rings is 1. The maximum Gasteiger partial charge on any atom is 0.254 e. The van der Waals surface area contributed by atoms with Crippen LogP contribution in [0.1, 0.15) is 59.6 Å². The lowest BCUT2D eigenvalue weighted by molar-refractivity contribution is -0.141. The molecule has 1 heterocycles. The van der Waals surface area contributed by atoms with Gasteiger partial charge < -0.3 is 15.1 Å². The topological polar surface area (TPSA) is 69.7 Å². The fraction of sp³-hybridized carbons (Fsp3) is 0.344. The van der Waals surface area contributed by atoms with E-state index in [0.717, 1.165) is 43.2 Å². The fourth-order valence-corrected chi connectivity index (χ4v) is 5.92. The predicted molar refractivity (Wildman–Crippen MR) is 152 cm³/mol. The normalized spacial score (nSPS) is 18.2. The highest BCUT2D eigenvalue weighted by Gasteiger charge is 2.39. The molecular weight excluding hydrogens is 510 g/mol. The van der Waals surface area contributed by atoms with Crippen molar-refractivity contribution in [1.29, 1.82) is 0 Å². The maximum absolute atomic E-state index is 14.0. The zero-order valence-electron chi connectivity index (χ0n) is 22.0. The minimum absolute atomic E-state index is 0.000899. The number of nitrogens with zero attached hydrogens (tertiary/aromatic N) is 2. The molecule has 0 spiro atoms. The van der Waals surface area contributed by atoms with E-state index in [4.69, 9.17) is 11.6 Å². The summed E-state index contributed by atoms with van der Waals surface area (Å²) < 4.78 is 0. The monoisotopic (exact) mass is 543 g/mol. The number of nitrogens with one attached hydrogen (secondary N) is 1. The molecule has 2 fully saturated rings. The van der Waals surface area contributed by atoms with Gasteiger partial charge in [-0.2, -0.15) is 0 Å². The van der Waals surface area contributed by atoms with E-state index in [2.05, 4.69) is 5.32 Å². The van der Waals surface area contributed by atoms with E-state index in [1.54, 1.807) is 34.1 Å². The van der Waals surface area contributed by atoms with Gasteiger partial charge >= 0.3 is 0 Å². The average Bonchev–Trinajstić information content (AvgIpc) is 3.00. The van der Waals surface area contributed by atoms with Gasteiger partial charge in [0.2, 0.25) is 11.8 Å². The average molecular weight is 544 g/mol. The first kappa shape index (κ1) is 26.9. The van der Waals surface area contributed by atoms with Gasteiger partial charge in [0.15, 0.2) is 0 Å². The predicted octanol–water partition coefficient (Wildman–Crippen LogP) is 5.48. The molecule has 1 atom stereocenters. The van der Waals surface area contributed by atoms with Crippen LogP contribution in [0.15, 0.2) is 84.9 Å². The Labute approximate surface area is 235 Å². The first-order chi connectivity index (χ1) is 19.0. The maximum atomic E-state index is 14.0. The minimum Gasteiger partial charge on any atom is -0.343 e. The molecule has 1 aliphatic carbocycles. The van der Waals surface area contributed by atoms with E-state index in [0.29, 0.717) is 17.1 Å². The van der Waals surface area contributed by atoms with Gasteiger partial charge in [0.05, 0.1) is 12.6 Å². The van der Waals surface area contributed by atoms with Gasteiger partial charge in [-0.05, 0) is 42.2 Å². The van der Waals surface area contributed by atoms with Crippen molar-refractivity contribution in [2.24, 2.45) is 5.92 Å². The molecule has 39 heavy (non-hydrogen) atoms. The molecule has 0 bridgehead atoms. The summed E-state index contributed by atoms with van der Waals surface area (Å²) in [6.07, 6.45) is 5.06. The highest BCUT2D eigenvalue weighted by atomic mass is 35.5. The number of rotatable bonds is 6. The summed E-state index contributed by atoms with van der Waals surface area (Å²) in [6, 6.07) is 25.1. The fourth-order valence-electron chi connectivity index (χ4n) is 5.73. The lowest BCUT2D eigenvalue weighted by Crippen LogP contribution is -2.62. The van der Waals surface area contributed by atoms with Crippen molar-refractivity contribution in [1.82, 2.24) is 15.1 Å². The Morgan fingerprint density at radius 3 is 2.05 bits per heavy atom. The Balaban J connectivity index is 1.43. The molecule has 1 N–H and O–H groups in total. The molecule has 202 valence electrons. The number of carbonyl (C=O) groups excluding carboxylic acids is 3. The molecule has 1 saturated heterocycles. The molecule has 6 nitrogen and oxygen atoms in total.